The number of benzene rings is 3. The topological polar surface area (TPSA) is 50.2 Å². The molecule has 1 fully saturated rings. The van der Waals surface area contributed by atoms with E-state index in [0.29, 0.717) is 12.5 Å². The van der Waals surface area contributed by atoms with Gasteiger partial charge in [0.2, 0.25) is 11.9 Å². The molecule has 1 amide bonds. The van der Waals surface area contributed by atoms with Crippen LogP contribution in [0.25, 0.3) is 11.0 Å². The van der Waals surface area contributed by atoms with Gasteiger partial charge in [-0.25, -0.2) is 4.98 Å². The average molecular weight is 467 g/mol. The van der Waals surface area contributed by atoms with Crippen molar-refractivity contribution in [2.24, 2.45) is 5.92 Å². The van der Waals surface area contributed by atoms with Crippen molar-refractivity contribution in [1.82, 2.24) is 14.9 Å². The fourth-order valence-corrected chi connectivity index (χ4v) is 5.09. The highest BCUT2D eigenvalue weighted by Gasteiger charge is 2.28. The number of anilines is 1. The molecule has 35 heavy (non-hydrogen) atoms. The lowest BCUT2D eigenvalue weighted by molar-refractivity contribution is -0.125. The van der Waals surface area contributed by atoms with Crippen molar-refractivity contribution in [3.05, 3.63) is 95.6 Å². The molecule has 1 aliphatic rings. The maximum Gasteiger partial charge on any atom is 0.223 e. The number of nitrogens with zero attached hydrogens (tertiary/aromatic N) is 3. The van der Waals surface area contributed by atoms with Crippen LogP contribution in [0.2, 0.25) is 0 Å². The van der Waals surface area contributed by atoms with Crippen LogP contribution in [0, 0.1) is 12.8 Å². The summed E-state index contributed by atoms with van der Waals surface area (Å²) in [6.45, 7) is 7.43. The molecule has 0 bridgehead atoms. The van der Waals surface area contributed by atoms with E-state index in [-0.39, 0.29) is 11.8 Å². The van der Waals surface area contributed by atoms with E-state index in [1.54, 1.807) is 0 Å². The lowest BCUT2D eigenvalue weighted by Crippen LogP contribution is -2.42. The number of hydrogen-bond donors (Lipinski definition) is 1. The molecule has 5 heteroatoms. The van der Waals surface area contributed by atoms with Gasteiger partial charge in [-0.1, -0.05) is 79.2 Å². The second-order valence-corrected chi connectivity index (χ2v) is 9.79. The number of piperidine rings is 1. The van der Waals surface area contributed by atoms with Crippen LogP contribution >= 0.6 is 0 Å². The quantitative estimate of drug-likeness (QED) is 0.390. The fraction of sp³-hybridized carbons (Fsp3) is 0.333. The molecule has 5 rings (SSSR count). The Morgan fingerprint density at radius 2 is 1.74 bits per heavy atom. The first-order valence-electron chi connectivity index (χ1n) is 12.7. The smallest absolute Gasteiger partial charge is 0.223 e. The molecule has 0 saturated carbocycles. The van der Waals surface area contributed by atoms with E-state index >= 15 is 0 Å². The van der Waals surface area contributed by atoms with E-state index in [2.05, 4.69) is 95.4 Å². The van der Waals surface area contributed by atoms with Gasteiger partial charge in [0.15, 0.2) is 0 Å². The second-order valence-electron chi connectivity index (χ2n) is 9.79. The Morgan fingerprint density at radius 3 is 2.51 bits per heavy atom. The third kappa shape index (κ3) is 5.24. The van der Waals surface area contributed by atoms with Gasteiger partial charge in [0, 0.05) is 25.6 Å². The molecule has 1 aromatic heterocycles. The van der Waals surface area contributed by atoms with Crippen LogP contribution in [0.3, 0.4) is 0 Å². The number of aromatic nitrogens is 2. The summed E-state index contributed by atoms with van der Waals surface area (Å²) in [5.74, 6) is 1.55. The zero-order chi connectivity index (χ0) is 24.2. The van der Waals surface area contributed by atoms with Crippen LogP contribution in [0.5, 0.6) is 0 Å². The number of para-hydroxylation sites is 2. The van der Waals surface area contributed by atoms with Crippen molar-refractivity contribution in [1.29, 1.82) is 0 Å². The Labute approximate surface area is 207 Å². The van der Waals surface area contributed by atoms with Gasteiger partial charge in [-0.15, -0.1) is 0 Å². The minimum Gasteiger partial charge on any atom is -0.355 e. The van der Waals surface area contributed by atoms with E-state index < -0.39 is 0 Å². The Balaban J connectivity index is 1.25. The van der Waals surface area contributed by atoms with Crippen LogP contribution in [0.1, 0.15) is 42.4 Å². The molecule has 4 aromatic rings. The molecular formula is C30H34N4O. The Hall–Kier alpha value is -3.60. The van der Waals surface area contributed by atoms with E-state index in [1.807, 2.05) is 12.1 Å². The number of rotatable bonds is 7. The van der Waals surface area contributed by atoms with E-state index in [0.717, 1.165) is 49.5 Å². The van der Waals surface area contributed by atoms with E-state index in [9.17, 15) is 4.79 Å². The van der Waals surface area contributed by atoms with Gasteiger partial charge in [-0.05, 0) is 48.9 Å². The van der Waals surface area contributed by atoms with Crippen LogP contribution in [0.15, 0.2) is 78.9 Å². The summed E-state index contributed by atoms with van der Waals surface area (Å²) in [6.07, 6.45) is 1.69. The van der Waals surface area contributed by atoms with Gasteiger partial charge in [0.25, 0.3) is 0 Å². The molecule has 1 N–H and O–H groups in total. The van der Waals surface area contributed by atoms with Gasteiger partial charge >= 0.3 is 0 Å². The molecule has 1 atom stereocenters. The van der Waals surface area contributed by atoms with Gasteiger partial charge in [-0.3, -0.25) is 4.79 Å². The molecule has 0 unspecified atom stereocenters. The molecule has 0 radical (unpaired) electrons. The maximum atomic E-state index is 12.9. The van der Waals surface area contributed by atoms with Crippen molar-refractivity contribution >= 4 is 22.9 Å². The van der Waals surface area contributed by atoms with Gasteiger partial charge < -0.3 is 14.8 Å². The largest absolute Gasteiger partial charge is 0.355 e. The zero-order valence-electron chi connectivity index (χ0n) is 20.7. The minimum atomic E-state index is 0.0591. The number of imidazole rings is 1. The molecule has 0 spiro atoms. The zero-order valence-corrected chi connectivity index (χ0v) is 20.7. The van der Waals surface area contributed by atoms with E-state index in [4.69, 9.17) is 4.98 Å². The summed E-state index contributed by atoms with van der Waals surface area (Å²) >= 11 is 0. The number of fused-ring (bicyclic) bond motifs is 1. The standard InChI is InChI=1S/C30H34N4O/c1-22-9-8-10-24(19-22)21-34-28-14-7-6-13-27(28)32-30(34)33-17-15-26(16-18-33)29(35)31-20-23(2)25-11-4-3-5-12-25/h3-14,19,23,26H,15-18,20-21H2,1-2H3,(H,31,35)/t23-/m1/s1. The lowest BCUT2D eigenvalue weighted by atomic mass is 9.95. The van der Waals surface area contributed by atoms with Crippen LogP contribution in [-0.2, 0) is 11.3 Å². The monoisotopic (exact) mass is 466 g/mol. The molecule has 180 valence electrons. The van der Waals surface area contributed by atoms with Crippen molar-refractivity contribution < 1.29 is 4.79 Å². The first-order chi connectivity index (χ1) is 17.1. The van der Waals surface area contributed by atoms with E-state index in [1.165, 1.54) is 16.7 Å². The third-order valence-electron chi connectivity index (χ3n) is 7.16. The first kappa shape index (κ1) is 23.2. The number of carbonyl (C=O) groups is 1. The van der Waals surface area contributed by atoms with Gasteiger partial charge in [0.05, 0.1) is 17.6 Å². The second kappa shape index (κ2) is 10.3. The summed E-state index contributed by atoms with van der Waals surface area (Å²) in [5.41, 5.74) is 5.97. The third-order valence-corrected chi connectivity index (χ3v) is 7.16. The van der Waals surface area contributed by atoms with Gasteiger partial charge in [-0.2, -0.15) is 0 Å². The Bertz CT molecular complexity index is 1290. The lowest BCUT2D eigenvalue weighted by Gasteiger charge is -2.32. The number of nitrogens with one attached hydrogen (secondary N) is 1. The normalized spacial score (nSPS) is 15.3. The first-order valence-corrected chi connectivity index (χ1v) is 12.7. The van der Waals surface area contributed by atoms with Crippen LogP contribution in [0.4, 0.5) is 5.95 Å². The van der Waals surface area contributed by atoms with Crippen molar-refractivity contribution in [3.8, 4) is 0 Å². The maximum absolute atomic E-state index is 12.9. The summed E-state index contributed by atoms with van der Waals surface area (Å²) < 4.78 is 2.33. The average Bonchev–Trinajstić information content (AvgIpc) is 3.26. The Morgan fingerprint density at radius 1 is 1.00 bits per heavy atom. The molecule has 0 aliphatic carbocycles. The van der Waals surface area contributed by atoms with Crippen molar-refractivity contribution in [3.63, 3.8) is 0 Å². The number of hydrogen-bond acceptors (Lipinski definition) is 3. The highest BCUT2D eigenvalue weighted by molar-refractivity contribution is 5.80. The number of carbonyl (C=O) groups excluding carboxylic acids is 1. The summed E-state index contributed by atoms with van der Waals surface area (Å²) in [7, 11) is 0. The molecule has 5 nitrogen and oxygen atoms in total. The molecule has 1 aliphatic heterocycles. The summed E-state index contributed by atoms with van der Waals surface area (Å²) in [5, 5.41) is 3.20. The fourth-order valence-electron chi connectivity index (χ4n) is 5.09. The summed E-state index contributed by atoms with van der Waals surface area (Å²) in [6, 6.07) is 27.4. The number of aryl methyl sites for hydroxylation is 1. The summed E-state index contributed by atoms with van der Waals surface area (Å²) in [4.78, 5) is 20.3. The van der Waals surface area contributed by atoms with Gasteiger partial charge in [0.1, 0.15) is 0 Å². The van der Waals surface area contributed by atoms with Crippen molar-refractivity contribution in [2.75, 3.05) is 24.5 Å². The highest BCUT2D eigenvalue weighted by atomic mass is 16.1. The van der Waals surface area contributed by atoms with Crippen LogP contribution < -0.4 is 10.2 Å². The molecular weight excluding hydrogens is 432 g/mol. The molecule has 2 heterocycles. The Kier molecular flexibility index (Phi) is 6.84. The highest BCUT2D eigenvalue weighted by Crippen LogP contribution is 2.28. The molecule has 1 saturated heterocycles. The number of amides is 1. The molecule has 3 aromatic carbocycles. The predicted octanol–water partition coefficient (Wildman–Crippen LogP) is 5.53. The van der Waals surface area contributed by atoms with Crippen molar-refractivity contribution in [2.45, 2.75) is 39.2 Å². The SMILES string of the molecule is Cc1cccc(Cn2c(N3CCC(C(=O)NC[C@@H](C)c4ccccc4)CC3)nc3ccccc32)c1. The van der Waals surface area contributed by atoms with Crippen LogP contribution in [-0.4, -0.2) is 35.1 Å². The predicted molar refractivity (Wildman–Crippen MR) is 143 cm³/mol. The minimum absolute atomic E-state index is 0.0591.